The number of rotatable bonds is 20. The third-order valence-corrected chi connectivity index (χ3v) is 4.60. The highest BCUT2D eigenvalue weighted by Crippen LogP contribution is 2.14. The van der Waals surface area contributed by atoms with E-state index in [0.29, 0.717) is 0 Å². The Balaban J connectivity index is 3.31. The fraction of sp³-hybridized carbons (Fsp3) is 1.00. The van der Waals surface area contributed by atoms with Crippen molar-refractivity contribution in [3.8, 4) is 0 Å². The third-order valence-electron chi connectivity index (χ3n) is 4.60. The van der Waals surface area contributed by atoms with Gasteiger partial charge in [0.2, 0.25) is 0 Å². The van der Waals surface area contributed by atoms with E-state index >= 15 is 0 Å². The maximum atomic E-state index is 5.69. The standard InChI is InChI=1S/C23H49NO2/c1-6-7-8-9-10-11-12-13-14-15-16-17-18-19-20-21-24(25-22(2)3)26-23(4)5/h22-23H,6-21H2,1-5H3. The Morgan fingerprint density at radius 1 is 0.500 bits per heavy atom. The van der Waals surface area contributed by atoms with E-state index in [4.69, 9.17) is 9.68 Å². The van der Waals surface area contributed by atoms with Gasteiger partial charge in [0.15, 0.2) is 0 Å². The van der Waals surface area contributed by atoms with Crippen LogP contribution in [-0.4, -0.2) is 24.0 Å². The number of nitrogens with zero attached hydrogens (tertiary/aromatic N) is 1. The lowest BCUT2D eigenvalue weighted by molar-refractivity contribution is -0.394. The second-order valence-corrected chi connectivity index (χ2v) is 8.31. The lowest BCUT2D eigenvalue weighted by atomic mass is 10.0. The van der Waals surface area contributed by atoms with Crippen LogP contribution in [0.1, 0.15) is 131 Å². The highest BCUT2D eigenvalue weighted by molar-refractivity contribution is 4.50. The minimum absolute atomic E-state index is 0.171. The Morgan fingerprint density at radius 2 is 0.808 bits per heavy atom. The lowest BCUT2D eigenvalue weighted by Crippen LogP contribution is -2.31. The summed E-state index contributed by atoms with van der Waals surface area (Å²) in [5, 5.41) is 1.69. The van der Waals surface area contributed by atoms with Gasteiger partial charge in [-0.3, -0.25) is 9.68 Å². The van der Waals surface area contributed by atoms with Gasteiger partial charge in [0, 0.05) is 0 Å². The SMILES string of the molecule is CCCCCCCCCCCCCCCCCN(OC(C)C)OC(C)C. The van der Waals surface area contributed by atoms with E-state index in [0.717, 1.165) is 13.0 Å². The summed E-state index contributed by atoms with van der Waals surface area (Å²) < 4.78 is 0. The topological polar surface area (TPSA) is 21.7 Å². The summed E-state index contributed by atoms with van der Waals surface area (Å²) >= 11 is 0. The minimum Gasteiger partial charge on any atom is -0.271 e. The average molecular weight is 372 g/mol. The molecule has 0 radical (unpaired) electrons. The van der Waals surface area contributed by atoms with Crippen molar-refractivity contribution in [2.75, 3.05) is 6.54 Å². The summed E-state index contributed by atoms with van der Waals surface area (Å²) in [5.41, 5.74) is 0. The van der Waals surface area contributed by atoms with E-state index in [1.807, 2.05) is 27.7 Å². The summed E-state index contributed by atoms with van der Waals surface area (Å²) in [5.74, 6) is 0. The van der Waals surface area contributed by atoms with Gasteiger partial charge in [-0.1, -0.05) is 102 Å². The minimum atomic E-state index is 0.171. The molecule has 0 saturated heterocycles. The molecule has 3 nitrogen and oxygen atoms in total. The number of unbranched alkanes of at least 4 members (excludes halogenated alkanes) is 14. The molecule has 0 atom stereocenters. The van der Waals surface area contributed by atoms with Crippen molar-refractivity contribution in [2.45, 2.75) is 143 Å². The quantitative estimate of drug-likeness (QED) is 0.161. The smallest absolute Gasteiger partial charge is 0.0763 e. The van der Waals surface area contributed by atoms with Crippen LogP contribution in [-0.2, 0) is 9.68 Å². The zero-order valence-corrected chi connectivity index (χ0v) is 18.7. The second kappa shape index (κ2) is 19.6. The zero-order chi connectivity index (χ0) is 19.5. The van der Waals surface area contributed by atoms with Crippen LogP contribution in [0.3, 0.4) is 0 Å². The van der Waals surface area contributed by atoms with Crippen LogP contribution in [0.5, 0.6) is 0 Å². The first-order valence-corrected chi connectivity index (χ1v) is 11.7. The van der Waals surface area contributed by atoms with Crippen molar-refractivity contribution in [3.05, 3.63) is 0 Å². The first-order valence-electron chi connectivity index (χ1n) is 11.7. The molecule has 0 saturated carbocycles. The molecule has 0 aromatic rings. The second-order valence-electron chi connectivity index (χ2n) is 8.31. The maximum Gasteiger partial charge on any atom is 0.0763 e. The van der Waals surface area contributed by atoms with Crippen LogP contribution in [0.4, 0.5) is 0 Å². The molecule has 0 fully saturated rings. The molecule has 0 aliphatic heterocycles. The molecule has 0 rings (SSSR count). The van der Waals surface area contributed by atoms with E-state index < -0.39 is 0 Å². The van der Waals surface area contributed by atoms with Crippen LogP contribution in [0.25, 0.3) is 0 Å². The molecule has 158 valence electrons. The van der Waals surface area contributed by atoms with Gasteiger partial charge < -0.3 is 0 Å². The van der Waals surface area contributed by atoms with E-state index in [2.05, 4.69) is 6.92 Å². The molecule has 0 spiro atoms. The monoisotopic (exact) mass is 371 g/mol. The summed E-state index contributed by atoms with van der Waals surface area (Å²) in [6.45, 7) is 11.3. The van der Waals surface area contributed by atoms with E-state index in [9.17, 15) is 0 Å². The molecule has 0 aromatic carbocycles. The predicted molar refractivity (Wildman–Crippen MR) is 114 cm³/mol. The molecule has 0 amide bonds. The number of hydrogen-bond donors (Lipinski definition) is 0. The van der Waals surface area contributed by atoms with Crippen molar-refractivity contribution in [2.24, 2.45) is 0 Å². The fourth-order valence-electron chi connectivity index (χ4n) is 3.21. The van der Waals surface area contributed by atoms with Gasteiger partial charge in [0.05, 0.1) is 18.8 Å². The molecule has 0 bridgehead atoms. The van der Waals surface area contributed by atoms with Crippen LogP contribution >= 0.6 is 0 Å². The predicted octanol–water partition coefficient (Wildman–Crippen LogP) is 7.84. The molecular formula is C23H49NO2. The zero-order valence-electron chi connectivity index (χ0n) is 18.7. The fourth-order valence-corrected chi connectivity index (χ4v) is 3.21. The van der Waals surface area contributed by atoms with Gasteiger partial charge in [-0.2, -0.15) is 0 Å². The molecule has 0 unspecified atom stereocenters. The van der Waals surface area contributed by atoms with E-state index in [1.54, 1.807) is 5.23 Å². The van der Waals surface area contributed by atoms with Crippen LogP contribution in [0.2, 0.25) is 0 Å². The molecule has 3 heteroatoms. The van der Waals surface area contributed by atoms with Gasteiger partial charge in [0.25, 0.3) is 0 Å². The Labute approximate surface area is 165 Å². The Bertz CT molecular complexity index is 259. The highest BCUT2D eigenvalue weighted by atomic mass is 17.0. The molecular weight excluding hydrogens is 322 g/mol. The van der Waals surface area contributed by atoms with Crippen LogP contribution in [0.15, 0.2) is 0 Å². The lowest BCUT2D eigenvalue weighted by Gasteiger charge is -2.24. The number of hydroxylamine groups is 2. The Morgan fingerprint density at radius 3 is 1.12 bits per heavy atom. The van der Waals surface area contributed by atoms with Crippen molar-refractivity contribution in [1.82, 2.24) is 5.23 Å². The Hall–Kier alpha value is -0.120. The Kier molecular flexibility index (Phi) is 19.5. The highest BCUT2D eigenvalue weighted by Gasteiger charge is 2.10. The van der Waals surface area contributed by atoms with Gasteiger partial charge in [-0.25, -0.2) is 0 Å². The third kappa shape index (κ3) is 20.2. The van der Waals surface area contributed by atoms with Crippen molar-refractivity contribution in [3.63, 3.8) is 0 Å². The van der Waals surface area contributed by atoms with Crippen molar-refractivity contribution in [1.29, 1.82) is 0 Å². The first-order chi connectivity index (χ1) is 12.6. The van der Waals surface area contributed by atoms with Crippen molar-refractivity contribution >= 4 is 0 Å². The average Bonchev–Trinajstić information content (AvgIpc) is 2.57. The summed E-state index contributed by atoms with van der Waals surface area (Å²) in [4.78, 5) is 11.4. The van der Waals surface area contributed by atoms with E-state index in [-0.39, 0.29) is 12.2 Å². The number of hydrogen-bond acceptors (Lipinski definition) is 3. The van der Waals surface area contributed by atoms with Crippen LogP contribution in [0, 0.1) is 0 Å². The summed E-state index contributed by atoms with van der Waals surface area (Å²) in [7, 11) is 0. The van der Waals surface area contributed by atoms with Gasteiger partial charge in [-0.05, 0) is 34.1 Å². The van der Waals surface area contributed by atoms with Crippen molar-refractivity contribution < 1.29 is 9.68 Å². The van der Waals surface area contributed by atoms with Gasteiger partial charge >= 0.3 is 0 Å². The first kappa shape index (κ1) is 25.9. The van der Waals surface area contributed by atoms with Crippen LogP contribution < -0.4 is 0 Å². The molecule has 0 aliphatic rings. The molecule has 0 heterocycles. The molecule has 0 N–H and O–H groups in total. The molecule has 0 aromatic heterocycles. The maximum absolute atomic E-state index is 5.69. The van der Waals surface area contributed by atoms with E-state index in [1.165, 1.54) is 89.9 Å². The normalized spacial score (nSPS) is 12.0. The summed E-state index contributed by atoms with van der Waals surface area (Å²) in [6.07, 6.45) is 21.3. The van der Waals surface area contributed by atoms with Gasteiger partial charge in [-0.15, -0.1) is 0 Å². The van der Waals surface area contributed by atoms with Gasteiger partial charge in [0.1, 0.15) is 0 Å². The largest absolute Gasteiger partial charge is 0.271 e. The molecule has 26 heavy (non-hydrogen) atoms. The molecule has 0 aliphatic carbocycles. The summed E-state index contributed by atoms with van der Waals surface area (Å²) in [6, 6.07) is 0.